The first-order chi connectivity index (χ1) is 8.13. The van der Waals surface area contributed by atoms with Crippen LogP contribution >= 0.6 is 0 Å². The van der Waals surface area contributed by atoms with Crippen LogP contribution in [0.5, 0.6) is 0 Å². The summed E-state index contributed by atoms with van der Waals surface area (Å²) < 4.78 is 1.94. The average Bonchev–Trinajstić information content (AvgIpc) is 2.84. The highest BCUT2D eigenvalue weighted by Crippen LogP contribution is 2.25. The van der Waals surface area contributed by atoms with Crippen LogP contribution in [0.25, 0.3) is 0 Å². The quantitative estimate of drug-likeness (QED) is 0.829. The summed E-state index contributed by atoms with van der Waals surface area (Å²) in [6, 6.07) is 0.471. The van der Waals surface area contributed by atoms with Crippen LogP contribution in [0.15, 0.2) is 0 Å². The molecule has 1 saturated carbocycles. The van der Waals surface area contributed by atoms with Crippen molar-refractivity contribution in [3.63, 3.8) is 0 Å². The molecule has 4 heteroatoms. The van der Waals surface area contributed by atoms with Gasteiger partial charge in [-0.3, -0.25) is 4.68 Å². The Morgan fingerprint density at radius 1 is 1.41 bits per heavy atom. The molecule has 0 radical (unpaired) electrons. The maximum absolute atomic E-state index is 9.29. The number of aliphatic hydroxyl groups excluding tert-OH is 1. The zero-order valence-electron chi connectivity index (χ0n) is 11.0. The van der Waals surface area contributed by atoms with E-state index in [1.54, 1.807) is 0 Å². The van der Waals surface area contributed by atoms with E-state index in [0.717, 1.165) is 18.7 Å². The molecule has 2 N–H and O–H groups in total. The van der Waals surface area contributed by atoms with Gasteiger partial charge in [-0.05, 0) is 32.6 Å². The van der Waals surface area contributed by atoms with Crippen LogP contribution in [-0.2, 0) is 13.6 Å². The van der Waals surface area contributed by atoms with E-state index in [1.165, 1.54) is 24.1 Å². The van der Waals surface area contributed by atoms with Crippen molar-refractivity contribution in [2.24, 2.45) is 13.0 Å². The summed E-state index contributed by atoms with van der Waals surface area (Å²) >= 11 is 0. The Morgan fingerprint density at radius 3 is 2.76 bits per heavy atom. The lowest BCUT2D eigenvalue weighted by Crippen LogP contribution is -2.33. The molecule has 96 valence electrons. The SMILES string of the molecule is Cc1nn(C)c(C)c1CNC1CCCC1CO. The fourth-order valence-corrected chi connectivity index (χ4v) is 2.83. The lowest BCUT2D eigenvalue weighted by molar-refractivity contribution is 0.205. The van der Waals surface area contributed by atoms with E-state index in [1.807, 2.05) is 11.7 Å². The molecule has 0 amide bonds. The van der Waals surface area contributed by atoms with E-state index in [0.29, 0.717) is 18.6 Å². The summed E-state index contributed by atoms with van der Waals surface area (Å²) in [7, 11) is 1.98. The van der Waals surface area contributed by atoms with Crippen LogP contribution in [0.4, 0.5) is 0 Å². The van der Waals surface area contributed by atoms with Gasteiger partial charge in [0.25, 0.3) is 0 Å². The second-order valence-electron chi connectivity index (χ2n) is 5.13. The van der Waals surface area contributed by atoms with Crippen molar-refractivity contribution in [2.75, 3.05) is 6.61 Å². The van der Waals surface area contributed by atoms with Crippen molar-refractivity contribution in [3.8, 4) is 0 Å². The molecule has 2 unspecified atom stereocenters. The van der Waals surface area contributed by atoms with Gasteiger partial charge in [0.1, 0.15) is 0 Å². The van der Waals surface area contributed by atoms with Crippen LogP contribution in [0.2, 0.25) is 0 Å². The van der Waals surface area contributed by atoms with Crippen LogP contribution < -0.4 is 5.32 Å². The Labute approximate surface area is 103 Å². The molecule has 0 aromatic carbocycles. The van der Waals surface area contributed by atoms with Crippen LogP contribution in [0.3, 0.4) is 0 Å². The Balaban J connectivity index is 1.97. The predicted molar refractivity (Wildman–Crippen MR) is 67.7 cm³/mol. The van der Waals surface area contributed by atoms with Crippen LogP contribution in [-0.4, -0.2) is 27.5 Å². The van der Waals surface area contributed by atoms with E-state index >= 15 is 0 Å². The van der Waals surface area contributed by atoms with Gasteiger partial charge >= 0.3 is 0 Å². The van der Waals surface area contributed by atoms with E-state index in [-0.39, 0.29) is 0 Å². The lowest BCUT2D eigenvalue weighted by Gasteiger charge is -2.19. The summed E-state index contributed by atoms with van der Waals surface area (Å²) in [5.74, 6) is 0.437. The predicted octanol–water partition coefficient (Wildman–Crippen LogP) is 1.29. The minimum atomic E-state index is 0.308. The zero-order chi connectivity index (χ0) is 12.4. The largest absolute Gasteiger partial charge is 0.396 e. The molecule has 1 aliphatic carbocycles. The van der Waals surface area contributed by atoms with Gasteiger partial charge in [0, 0.05) is 37.5 Å². The molecule has 0 bridgehead atoms. The first kappa shape index (κ1) is 12.6. The molecule has 1 heterocycles. The molecule has 0 saturated heterocycles. The van der Waals surface area contributed by atoms with Crippen molar-refractivity contribution in [1.29, 1.82) is 0 Å². The lowest BCUT2D eigenvalue weighted by atomic mass is 10.0. The average molecular weight is 237 g/mol. The molecule has 1 fully saturated rings. The monoisotopic (exact) mass is 237 g/mol. The second kappa shape index (κ2) is 5.19. The van der Waals surface area contributed by atoms with Gasteiger partial charge in [-0.25, -0.2) is 0 Å². The third-order valence-corrected chi connectivity index (χ3v) is 4.09. The van der Waals surface area contributed by atoms with Gasteiger partial charge in [0.2, 0.25) is 0 Å². The maximum Gasteiger partial charge on any atom is 0.0641 e. The molecule has 1 aromatic rings. The molecule has 4 nitrogen and oxygen atoms in total. The molecular weight excluding hydrogens is 214 g/mol. The highest BCUT2D eigenvalue weighted by molar-refractivity contribution is 5.24. The number of hydrogen-bond acceptors (Lipinski definition) is 3. The topological polar surface area (TPSA) is 50.1 Å². The Bertz CT molecular complexity index is 386. The van der Waals surface area contributed by atoms with Crippen LogP contribution in [0.1, 0.15) is 36.2 Å². The highest BCUT2D eigenvalue weighted by atomic mass is 16.3. The minimum Gasteiger partial charge on any atom is -0.396 e. The number of nitrogens with one attached hydrogen (secondary N) is 1. The third kappa shape index (κ3) is 2.53. The molecule has 1 aliphatic rings. The molecule has 2 atom stereocenters. The number of nitrogens with zero attached hydrogens (tertiary/aromatic N) is 2. The number of hydrogen-bond donors (Lipinski definition) is 2. The first-order valence-electron chi connectivity index (χ1n) is 6.46. The van der Waals surface area contributed by atoms with Gasteiger partial charge < -0.3 is 10.4 Å². The second-order valence-corrected chi connectivity index (χ2v) is 5.13. The molecule has 17 heavy (non-hydrogen) atoms. The standard InChI is InChI=1S/C13H23N3O/c1-9-12(10(2)16(3)15-9)7-14-13-6-4-5-11(13)8-17/h11,13-14,17H,4-8H2,1-3H3. The van der Waals surface area contributed by atoms with Crippen molar-refractivity contribution >= 4 is 0 Å². The van der Waals surface area contributed by atoms with Gasteiger partial charge in [0.05, 0.1) is 5.69 Å². The fourth-order valence-electron chi connectivity index (χ4n) is 2.83. The molecule has 0 aliphatic heterocycles. The van der Waals surface area contributed by atoms with Crippen molar-refractivity contribution < 1.29 is 5.11 Å². The van der Waals surface area contributed by atoms with Crippen LogP contribution in [0, 0.1) is 19.8 Å². The summed E-state index contributed by atoms with van der Waals surface area (Å²) in [5.41, 5.74) is 3.64. The maximum atomic E-state index is 9.29. The smallest absolute Gasteiger partial charge is 0.0641 e. The zero-order valence-corrected chi connectivity index (χ0v) is 11.0. The van der Waals surface area contributed by atoms with Gasteiger partial charge in [0.15, 0.2) is 0 Å². The summed E-state index contributed by atoms with van der Waals surface area (Å²) in [4.78, 5) is 0. The van der Waals surface area contributed by atoms with Gasteiger partial charge in [-0.15, -0.1) is 0 Å². The van der Waals surface area contributed by atoms with Crippen molar-refractivity contribution in [3.05, 3.63) is 17.0 Å². The van der Waals surface area contributed by atoms with Crippen molar-refractivity contribution in [1.82, 2.24) is 15.1 Å². The van der Waals surface area contributed by atoms with Crippen molar-refractivity contribution in [2.45, 2.75) is 45.7 Å². The molecular formula is C13H23N3O. The summed E-state index contributed by atoms with van der Waals surface area (Å²) in [6.07, 6.45) is 3.57. The van der Waals surface area contributed by atoms with Gasteiger partial charge in [-0.2, -0.15) is 5.10 Å². The Kier molecular flexibility index (Phi) is 3.84. The number of aryl methyl sites for hydroxylation is 2. The van der Waals surface area contributed by atoms with E-state index in [2.05, 4.69) is 24.3 Å². The van der Waals surface area contributed by atoms with Gasteiger partial charge in [-0.1, -0.05) is 6.42 Å². The highest BCUT2D eigenvalue weighted by Gasteiger charge is 2.26. The van der Waals surface area contributed by atoms with E-state index < -0.39 is 0 Å². The van der Waals surface area contributed by atoms with E-state index in [4.69, 9.17) is 0 Å². The Morgan fingerprint density at radius 2 is 2.18 bits per heavy atom. The molecule has 0 spiro atoms. The third-order valence-electron chi connectivity index (χ3n) is 4.09. The minimum absolute atomic E-state index is 0.308. The number of rotatable bonds is 4. The van der Waals surface area contributed by atoms with E-state index in [9.17, 15) is 5.11 Å². The molecule has 1 aromatic heterocycles. The number of aromatic nitrogens is 2. The Hall–Kier alpha value is -0.870. The fraction of sp³-hybridized carbons (Fsp3) is 0.769. The number of aliphatic hydroxyl groups is 1. The summed E-state index contributed by atoms with van der Waals surface area (Å²) in [6.45, 7) is 5.34. The normalized spacial score (nSPS) is 24.5. The summed E-state index contributed by atoms with van der Waals surface area (Å²) in [5, 5.41) is 17.3. The first-order valence-corrected chi connectivity index (χ1v) is 6.46. The molecule has 2 rings (SSSR count).